The molecule has 2 amide bonds. The molecule has 0 fully saturated rings. The van der Waals surface area contributed by atoms with Crippen molar-refractivity contribution in [2.24, 2.45) is 0 Å². The highest BCUT2D eigenvalue weighted by Gasteiger charge is 2.38. The van der Waals surface area contributed by atoms with Crippen molar-refractivity contribution in [3.63, 3.8) is 0 Å². The number of aromatic nitrogens is 1. The molecule has 1 atom stereocenters. The van der Waals surface area contributed by atoms with E-state index in [1.807, 2.05) is 0 Å². The molecule has 2 N–H and O–H groups in total. The van der Waals surface area contributed by atoms with Crippen molar-refractivity contribution < 1.29 is 14.0 Å². The summed E-state index contributed by atoms with van der Waals surface area (Å²) in [5, 5.41) is 5.73. The van der Waals surface area contributed by atoms with Gasteiger partial charge in [-0.2, -0.15) is 0 Å². The Hall–Kier alpha value is -3.74. The number of fused-ring (bicyclic) bond motifs is 1. The molecule has 0 radical (unpaired) electrons. The lowest BCUT2D eigenvalue weighted by atomic mass is 10.1. The van der Waals surface area contributed by atoms with Crippen LogP contribution >= 0.6 is 0 Å². The molecule has 0 bridgehead atoms. The third-order valence-electron chi connectivity index (χ3n) is 4.46. The summed E-state index contributed by atoms with van der Waals surface area (Å²) in [6, 6.07) is 17.2. The van der Waals surface area contributed by atoms with Crippen LogP contribution in [0.3, 0.4) is 0 Å². The average Bonchev–Trinajstić information content (AvgIpc) is 3.03. The van der Waals surface area contributed by atoms with E-state index in [1.165, 1.54) is 23.1 Å². The fourth-order valence-corrected chi connectivity index (χ4v) is 3.23. The van der Waals surface area contributed by atoms with Gasteiger partial charge in [0, 0.05) is 23.1 Å². The second kappa shape index (κ2) is 7.48. The van der Waals surface area contributed by atoms with Gasteiger partial charge >= 0.3 is 0 Å². The maximum absolute atomic E-state index is 13.9. The van der Waals surface area contributed by atoms with E-state index in [-0.39, 0.29) is 18.4 Å². The second-order valence-corrected chi connectivity index (χ2v) is 6.29. The van der Waals surface area contributed by atoms with Crippen LogP contribution in [0, 0.1) is 5.82 Å². The van der Waals surface area contributed by atoms with E-state index < -0.39 is 11.9 Å². The first kappa shape index (κ1) is 17.7. The van der Waals surface area contributed by atoms with Crippen molar-refractivity contribution in [2.75, 3.05) is 22.1 Å². The third-order valence-corrected chi connectivity index (χ3v) is 4.46. The third kappa shape index (κ3) is 3.42. The monoisotopic (exact) mass is 376 g/mol. The van der Waals surface area contributed by atoms with E-state index in [9.17, 15) is 14.0 Å². The summed E-state index contributed by atoms with van der Waals surface area (Å²) in [5.74, 6) is -0.671. The molecule has 140 valence electrons. The zero-order valence-corrected chi connectivity index (χ0v) is 14.8. The minimum absolute atomic E-state index is 0.0977. The Labute approximate surface area is 161 Å². The van der Waals surface area contributed by atoms with Gasteiger partial charge < -0.3 is 10.6 Å². The molecule has 1 aliphatic rings. The van der Waals surface area contributed by atoms with Crippen LogP contribution in [0.15, 0.2) is 72.9 Å². The van der Waals surface area contributed by atoms with Gasteiger partial charge in [0.1, 0.15) is 17.7 Å². The molecule has 1 aliphatic heterocycles. The van der Waals surface area contributed by atoms with E-state index in [1.54, 1.807) is 54.7 Å². The molecule has 0 saturated carbocycles. The van der Waals surface area contributed by atoms with Crippen LogP contribution in [0.5, 0.6) is 0 Å². The highest BCUT2D eigenvalue weighted by atomic mass is 19.1. The Morgan fingerprint density at radius 2 is 1.93 bits per heavy atom. The fraction of sp³-hybridized carbons (Fsp3) is 0.0952. The van der Waals surface area contributed by atoms with Crippen LogP contribution < -0.4 is 15.5 Å². The van der Waals surface area contributed by atoms with Crippen molar-refractivity contribution in [3.05, 3.63) is 84.3 Å². The molecule has 6 nitrogen and oxygen atoms in total. The number of benzene rings is 2. The largest absolute Gasteiger partial charge is 0.361 e. The van der Waals surface area contributed by atoms with Gasteiger partial charge in [0.05, 0.1) is 6.54 Å². The Kier molecular flexibility index (Phi) is 4.72. The van der Waals surface area contributed by atoms with E-state index in [2.05, 4.69) is 15.6 Å². The van der Waals surface area contributed by atoms with Crippen molar-refractivity contribution in [1.82, 2.24) is 4.98 Å². The molecule has 0 spiro atoms. The van der Waals surface area contributed by atoms with E-state index in [4.69, 9.17) is 0 Å². The standard InChI is InChI=1S/C21H17FN4O2/c22-14-6-5-7-15(12-14)26(19(27)13-24-18-10-3-4-11-23-18)20-16-8-1-2-9-17(16)25-21(20)28/h1-12,20H,13H2,(H,23,24)(H,25,28). The highest BCUT2D eigenvalue weighted by Crippen LogP contribution is 2.37. The number of rotatable bonds is 5. The number of pyridine rings is 1. The summed E-state index contributed by atoms with van der Waals surface area (Å²) in [4.78, 5) is 31.2. The molecule has 2 aromatic carbocycles. The predicted octanol–water partition coefficient (Wildman–Crippen LogP) is 3.36. The smallest absolute Gasteiger partial charge is 0.252 e. The quantitative estimate of drug-likeness (QED) is 0.716. The van der Waals surface area contributed by atoms with Crippen LogP contribution in [0.2, 0.25) is 0 Å². The van der Waals surface area contributed by atoms with Gasteiger partial charge in [0.25, 0.3) is 5.91 Å². The summed E-state index contributed by atoms with van der Waals surface area (Å²) >= 11 is 0. The maximum atomic E-state index is 13.9. The number of para-hydroxylation sites is 1. The molecule has 28 heavy (non-hydrogen) atoms. The minimum Gasteiger partial charge on any atom is -0.361 e. The number of carbonyl (C=O) groups is 2. The maximum Gasteiger partial charge on any atom is 0.252 e. The molecular weight excluding hydrogens is 359 g/mol. The lowest BCUT2D eigenvalue weighted by molar-refractivity contribution is -0.122. The number of carbonyl (C=O) groups excluding carboxylic acids is 2. The number of halogens is 1. The van der Waals surface area contributed by atoms with Gasteiger partial charge in [-0.05, 0) is 36.4 Å². The number of nitrogens with zero attached hydrogens (tertiary/aromatic N) is 2. The van der Waals surface area contributed by atoms with E-state index >= 15 is 0 Å². The number of hydrogen-bond acceptors (Lipinski definition) is 4. The highest BCUT2D eigenvalue weighted by molar-refractivity contribution is 6.10. The molecule has 4 rings (SSSR count). The Morgan fingerprint density at radius 1 is 1.11 bits per heavy atom. The minimum atomic E-state index is -0.879. The first-order valence-corrected chi connectivity index (χ1v) is 8.76. The van der Waals surface area contributed by atoms with Crippen LogP contribution in [0.25, 0.3) is 0 Å². The first-order chi connectivity index (χ1) is 13.6. The van der Waals surface area contributed by atoms with Crippen LogP contribution in [0.1, 0.15) is 11.6 Å². The summed E-state index contributed by atoms with van der Waals surface area (Å²) in [5.41, 5.74) is 1.62. The average molecular weight is 376 g/mol. The van der Waals surface area contributed by atoms with Crippen LogP contribution in [0.4, 0.5) is 21.6 Å². The normalized spacial score (nSPS) is 14.9. The van der Waals surface area contributed by atoms with Crippen molar-refractivity contribution in [2.45, 2.75) is 6.04 Å². The molecule has 1 aromatic heterocycles. The molecular formula is C21H17FN4O2. The van der Waals surface area contributed by atoms with Gasteiger partial charge in [-0.3, -0.25) is 14.5 Å². The zero-order valence-electron chi connectivity index (χ0n) is 14.8. The molecule has 3 aromatic rings. The number of hydrogen-bond donors (Lipinski definition) is 2. The lowest BCUT2D eigenvalue weighted by Gasteiger charge is -2.28. The van der Waals surface area contributed by atoms with Crippen molar-refractivity contribution in [1.29, 1.82) is 0 Å². The lowest BCUT2D eigenvalue weighted by Crippen LogP contribution is -2.41. The summed E-state index contributed by atoms with van der Waals surface area (Å²) in [6.45, 7) is -0.0977. The van der Waals surface area contributed by atoms with Crippen molar-refractivity contribution >= 4 is 29.0 Å². The zero-order chi connectivity index (χ0) is 19.5. The molecule has 1 unspecified atom stereocenters. The molecule has 2 heterocycles. The van der Waals surface area contributed by atoms with E-state index in [0.29, 0.717) is 22.8 Å². The van der Waals surface area contributed by atoms with E-state index in [0.717, 1.165) is 0 Å². The number of anilines is 3. The van der Waals surface area contributed by atoms with Gasteiger partial charge in [-0.1, -0.05) is 30.3 Å². The van der Waals surface area contributed by atoms with Crippen molar-refractivity contribution in [3.8, 4) is 0 Å². The topological polar surface area (TPSA) is 74.3 Å². The van der Waals surface area contributed by atoms with Gasteiger partial charge in [0.15, 0.2) is 0 Å². The number of nitrogens with one attached hydrogen (secondary N) is 2. The first-order valence-electron chi connectivity index (χ1n) is 8.76. The van der Waals surface area contributed by atoms with Gasteiger partial charge in [0.2, 0.25) is 5.91 Å². The Bertz CT molecular complexity index is 1030. The van der Waals surface area contributed by atoms with Gasteiger partial charge in [-0.15, -0.1) is 0 Å². The summed E-state index contributed by atoms with van der Waals surface area (Å²) < 4.78 is 13.9. The Morgan fingerprint density at radius 3 is 2.71 bits per heavy atom. The number of amides is 2. The molecule has 0 saturated heterocycles. The SMILES string of the molecule is O=C1Nc2ccccc2C1N(C(=O)CNc1ccccn1)c1cccc(F)c1. The fourth-order valence-electron chi connectivity index (χ4n) is 3.23. The molecule has 0 aliphatic carbocycles. The predicted molar refractivity (Wildman–Crippen MR) is 104 cm³/mol. The van der Waals surface area contributed by atoms with Gasteiger partial charge in [-0.25, -0.2) is 9.37 Å². The summed E-state index contributed by atoms with van der Waals surface area (Å²) in [6.07, 6.45) is 1.61. The second-order valence-electron chi connectivity index (χ2n) is 6.29. The summed E-state index contributed by atoms with van der Waals surface area (Å²) in [7, 11) is 0. The molecule has 7 heteroatoms. The van der Waals surface area contributed by atoms with Crippen LogP contribution in [-0.4, -0.2) is 23.3 Å². The Balaban J connectivity index is 1.69. The van der Waals surface area contributed by atoms with Crippen LogP contribution in [-0.2, 0) is 9.59 Å².